The Morgan fingerprint density at radius 1 is 1.54 bits per heavy atom. The third-order valence-electron chi connectivity index (χ3n) is 1.78. The zero-order valence-corrected chi connectivity index (χ0v) is 7.23. The third kappa shape index (κ3) is 1.46. The van der Waals surface area contributed by atoms with E-state index < -0.39 is 0 Å². The fourth-order valence-electron chi connectivity index (χ4n) is 1.13. The van der Waals surface area contributed by atoms with Crippen molar-refractivity contribution in [2.24, 2.45) is 7.05 Å². The topological polar surface area (TPSA) is 66.7 Å². The van der Waals surface area contributed by atoms with Crippen LogP contribution in [0.3, 0.4) is 0 Å². The number of hydrogen-bond donors (Lipinski definition) is 2. The number of aliphatic hydroxyl groups excluding tert-OH is 1. The molecule has 13 heavy (non-hydrogen) atoms. The minimum absolute atomic E-state index is 0.0206. The molecular weight excluding hydrogens is 168 g/mol. The van der Waals surface area contributed by atoms with Crippen molar-refractivity contribution < 1.29 is 5.11 Å². The molecule has 0 saturated heterocycles. The van der Waals surface area contributed by atoms with Crippen molar-refractivity contribution in [2.75, 3.05) is 0 Å². The van der Waals surface area contributed by atoms with E-state index in [1.807, 2.05) is 13.2 Å². The van der Waals surface area contributed by atoms with Crippen molar-refractivity contribution in [3.05, 3.63) is 24.3 Å². The summed E-state index contributed by atoms with van der Waals surface area (Å²) in [5.41, 5.74) is 1.63. The number of aromatic amines is 1. The summed E-state index contributed by atoms with van der Waals surface area (Å²) in [6.45, 7) is -0.0206. The molecule has 0 spiro atoms. The number of hydrogen-bond acceptors (Lipinski definition) is 3. The molecule has 0 unspecified atom stereocenters. The molecule has 0 aliphatic rings. The molecule has 2 N–H and O–H groups in total. The Kier molecular flexibility index (Phi) is 1.86. The van der Waals surface area contributed by atoms with Crippen LogP contribution in [0.15, 0.2) is 18.6 Å². The first-order chi connectivity index (χ1) is 6.29. The molecule has 0 radical (unpaired) electrons. The van der Waals surface area contributed by atoms with Gasteiger partial charge in [0.25, 0.3) is 0 Å². The van der Waals surface area contributed by atoms with E-state index in [0.29, 0.717) is 5.69 Å². The smallest absolute Gasteiger partial charge is 0.140 e. The molecule has 0 saturated carbocycles. The normalized spacial score (nSPS) is 10.6. The highest BCUT2D eigenvalue weighted by molar-refractivity contribution is 5.52. The van der Waals surface area contributed by atoms with Crippen molar-refractivity contribution in [2.45, 2.75) is 6.61 Å². The quantitative estimate of drug-likeness (QED) is 0.695. The van der Waals surface area contributed by atoms with Crippen LogP contribution in [0.25, 0.3) is 11.4 Å². The molecule has 0 bridgehead atoms. The maximum atomic E-state index is 8.81. The maximum absolute atomic E-state index is 8.81. The van der Waals surface area contributed by atoms with E-state index >= 15 is 0 Å². The summed E-state index contributed by atoms with van der Waals surface area (Å²) in [4.78, 5) is 7.08. The fourth-order valence-corrected chi connectivity index (χ4v) is 1.13. The zero-order valence-electron chi connectivity index (χ0n) is 7.23. The molecular formula is C8H10N4O. The van der Waals surface area contributed by atoms with Gasteiger partial charge in [0, 0.05) is 13.2 Å². The Morgan fingerprint density at radius 3 is 2.92 bits per heavy atom. The minimum Gasteiger partial charge on any atom is -0.390 e. The summed E-state index contributed by atoms with van der Waals surface area (Å²) in [6.07, 6.45) is 5.20. The lowest BCUT2D eigenvalue weighted by molar-refractivity contribution is 0.277. The standard InChI is InChI=1S/C8H10N4O/c1-12-4-6(2-10-12)8-9-3-7(5-13)11-8/h2-4,13H,5H2,1H3,(H,9,11). The van der Waals surface area contributed by atoms with E-state index in [1.165, 1.54) is 0 Å². The number of imidazole rings is 1. The van der Waals surface area contributed by atoms with E-state index in [9.17, 15) is 0 Å². The summed E-state index contributed by atoms with van der Waals surface area (Å²) in [7, 11) is 1.85. The molecule has 5 heteroatoms. The largest absolute Gasteiger partial charge is 0.390 e. The Balaban J connectivity index is 2.35. The van der Waals surface area contributed by atoms with Crippen LogP contribution in [0.4, 0.5) is 0 Å². The van der Waals surface area contributed by atoms with Gasteiger partial charge in [-0.1, -0.05) is 0 Å². The van der Waals surface area contributed by atoms with Crippen LogP contribution >= 0.6 is 0 Å². The van der Waals surface area contributed by atoms with Crippen LogP contribution in [0.5, 0.6) is 0 Å². The number of rotatable bonds is 2. The number of nitrogens with one attached hydrogen (secondary N) is 1. The van der Waals surface area contributed by atoms with E-state index in [0.717, 1.165) is 11.4 Å². The number of aliphatic hydroxyl groups is 1. The van der Waals surface area contributed by atoms with Crippen molar-refractivity contribution in [3.63, 3.8) is 0 Å². The predicted molar refractivity (Wildman–Crippen MR) is 46.7 cm³/mol. The molecule has 0 aliphatic carbocycles. The number of aromatic nitrogens is 4. The highest BCUT2D eigenvalue weighted by Crippen LogP contribution is 2.13. The summed E-state index contributed by atoms with van der Waals surface area (Å²) >= 11 is 0. The first kappa shape index (κ1) is 8.00. The Bertz CT molecular complexity index is 404. The van der Waals surface area contributed by atoms with Crippen molar-refractivity contribution >= 4 is 0 Å². The summed E-state index contributed by atoms with van der Waals surface area (Å²) < 4.78 is 1.70. The SMILES string of the molecule is Cn1cc(-c2ncc(CO)[nH]2)cn1. The van der Waals surface area contributed by atoms with Crippen molar-refractivity contribution in [1.29, 1.82) is 0 Å². The maximum Gasteiger partial charge on any atom is 0.140 e. The first-order valence-corrected chi connectivity index (χ1v) is 3.93. The summed E-state index contributed by atoms with van der Waals surface area (Å²) in [6, 6.07) is 0. The van der Waals surface area contributed by atoms with Crippen LogP contribution in [0.1, 0.15) is 5.69 Å². The molecule has 0 atom stereocenters. The lowest BCUT2D eigenvalue weighted by Crippen LogP contribution is -1.84. The molecule has 2 heterocycles. The Morgan fingerprint density at radius 2 is 2.38 bits per heavy atom. The number of H-pyrrole nitrogens is 1. The van der Waals surface area contributed by atoms with Crippen molar-refractivity contribution in [3.8, 4) is 11.4 Å². The van der Waals surface area contributed by atoms with Gasteiger partial charge in [-0.15, -0.1) is 0 Å². The molecule has 2 aromatic rings. The molecule has 0 aromatic carbocycles. The van der Waals surface area contributed by atoms with Gasteiger partial charge in [-0.3, -0.25) is 4.68 Å². The highest BCUT2D eigenvalue weighted by Gasteiger charge is 2.03. The highest BCUT2D eigenvalue weighted by atomic mass is 16.3. The second-order valence-electron chi connectivity index (χ2n) is 2.82. The molecule has 0 amide bonds. The molecule has 5 nitrogen and oxygen atoms in total. The predicted octanol–water partition coefficient (Wildman–Crippen LogP) is 0.302. The Hall–Kier alpha value is -1.62. The van der Waals surface area contributed by atoms with E-state index in [2.05, 4.69) is 15.1 Å². The fraction of sp³-hybridized carbons (Fsp3) is 0.250. The monoisotopic (exact) mass is 178 g/mol. The lowest BCUT2D eigenvalue weighted by Gasteiger charge is -1.88. The van der Waals surface area contributed by atoms with Crippen LogP contribution in [0, 0.1) is 0 Å². The van der Waals surface area contributed by atoms with Gasteiger partial charge in [-0.05, 0) is 0 Å². The van der Waals surface area contributed by atoms with Crippen molar-refractivity contribution in [1.82, 2.24) is 19.7 Å². The van der Waals surface area contributed by atoms with Crippen LogP contribution < -0.4 is 0 Å². The van der Waals surface area contributed by atoms with Crippen LogP contribution in [-0.4, -0.2) is 24.9 Å². The second kappa shape index (κ2) is 3.02. The zero-order chi connectivity index (χ0) is 9.26. The minimum atomic E-state index is -0.0206. The third-order valence-corrected chi connectivity index (χ3v) is 1.78. The average Bonchev–Trinajstić information content (AvgIpc) is 2.71. The summed E-state index contributed by atoms with van der Waals surface area (Å²) in [5.74, 6) is 0.733. The van der Waals surface area contributed by atoms with Gasteiger partial charge in [0.05, 0.1) is 30.3 Å². The Labute approximate surface area is 75.0 Å². The van der Waals surface area contributed by atoms with Gasteiger partial charge in [0.2, 0.25) is 0 Å². The lowest BCUT2D eigenvalue weighted by atomic mass is 10.3. The van der Waals surface area contributed by atoms with E-state index in [1.54, 1.807) is 17.1 Å². The average molecular weight is 178 g/mol. The van der Waals surface area contributed by atoms with Gasteiger partial charge in [0.1, 0.15) is 5.82 Å². The van der Waals surface area contributed by atoms with Gasteiger partial charge in [-0.25, -0.2) is 4.98 Å². The summed E-state index contributed by atoms with van der Waals surface area (Å²) in [5, 5.41) is 12.8. The molecule has 0 aliphatic heterocycles. The molecule has 2 rings (SSSR count). The number of nitrogens with zero attached hydrogens (tertiary/aromatic N) is 3. The number of aryl methyl sites for hydroxylation is 1. The first-order valence-electron chi connectivity index (χ1n) is 3.93. The molecule has 0 fully saturated rings. The van der Waals surface area contributed by atoms with Crippen LogP contribution in [0.2, 0.25) is 0 Å². The van der Waals surface area contributed by atoms with Gasteiger partial charge < -0.3 is 10.1 Å². The van der Waals surface area contributed by atoms with E-state index in [-0.39, 0.29) is 6.61 Å². The van der Waals surface area contributed by atoms with Gasteiger partial charge >= 0.3 is 0 Å². The van der Waals surface area contributed by atoms with Gasteiger partial charge in [-0.2, -0.15) is 5.10 Å². The van der Waals surface area contributed by atoms with E-state index in [4.69, 9.17) is 5.11 Å². The molecule has 2 aromatic heterocycles. The molecule has 68 valence electrons. The second-order valence-corrected chi connectivity index (χ2v) is 2.82. The van der Waals surface area contributed by atoms with Crippen LogP contribution in [-0.2, 0) is 13.7 Å². The van der Waals surface area contributed by atoms with Gasteiger partial charge in [0.15, 0.2) is 0 Å².